The quantitative estimate of drug-likeness (QED) is 0.755. The fourth-order valence-corrected chi connectivity index (χ4v) is 2.27. The molecule has 0 aliphatic heterocycles. The van der Waals surface area contributed by atoms with E-state index < -0.39 is 10.9 Å². The molecule has 0 unspecified atom stereocenters. The number of hydrogen-bond acceptors (Lipinski definition) is 4. The lowest BCUT2D eigenvalue weighted by Gasteiger charge is -2.13. The molecule has 3 rings (SSSR count). The minimum Gasteiger partial charge on any atom is -0.336 e. The Bertz CT molecular complexity index is 878. The van der Waals surface area contributed by atoms with Crippen LogP contribution in [0.1, 0.15) is 5.69 Å². The molecule has 3 aromatic rings. The summed E-state index contributed by atoms with van der Waals surface area (Å²) in [7, 11) is 0. The van der Waals surface area contributed by atoms with E-state index in [1.54, 1.807) is 30.3 Å². The van der Waals surface area contributed by atoms with Crippen molar-refractivity contribution >= 4 is 23.1 Å². The Morgan fingerprint density at radius 2 is 1.71 bits per heavy atom. The molecule has 1 aromatic heterocycles. The van der Waals surface area contributed by atoms with Crippen LogP contribution in [0.25, 0.3) is 11.1 Å². The average Bonchev–Trinajstić information content (AvgIpc) is 2.48. The Balaban J connectivity index is 2.01. The van der Waals surface area contributed by atoms with Crippen molar-refractivity contribution in [3.63, 3.8) is 0 Å². The number of aromatic nitrogens is 1. The zero-order chi connectivity index (χ0) is 15.0. The van der Waals surface area contributed by atoms with Crippen LogP contribution in [0.2, 0.25) is 5.02 Å². The first-order chi connectivity index (χ1) is 10.1. The highest BCUT2D eigenvalue weighted by Crippen LogP contribution is 2.26. The molecule has 0 atom stereocenters. The van der Waals surface area contributed by atoms with E-state index in [0.717, 1.165) is 5.69 Å². The lowest BCUT2D eigenvalue weighted by Crippen LogP contribution is -2.35. The predicted molar refractivity (Wildman–Crippen MR) is 84.1 cm³/mol. The number of benzene rings is 1. The molecule has 21 heavy (non-hydrogen) atoms. The number of pyridine rings is 1. The van der Waals surface area contributed by atoms with Crippen LogP contribution < -0.4 is 16.2 Å². The van der Waals surface area contributed by atoms with Gasteiger partial charge < -0.3 is 5.32 Å². The standard InChI is InChI=1S/C16H11ClN2O2/c1-9-3-2-4-12(18-9)19-14-13(15(20)16(14)21)10-5-7-11(17)8-6-10/h2-8H,1H3,(H,18,19). The smallest absolute Gasteiger partial charge is 0.250 e. The Morgan fingerprint density at radius 3 is 2.38 bits per heavy atom. The summed E-state index contributed by atoms with van der Waals surface area (Å²) >= 11 is 5.83. The molecular weight excluding hydrogens is 288 g/mol. The lowest BCUT2D eigenvalue weighted by molar-refractivity contribution is 1.19. The molecule has 0 amide bonds. The number of anilines is 2. The largest absolute Gasteiger partial charge is 0.336 e. The fourth-order valence-electron chi connectivity index (χ4n) is 2.14. The summed E-state index contributed by atoms with van der Waals surface area (Å²) in [6.45, 7) is 1.85. The third-order valence-electron chi connectivity index (χ3n) is 3.18. The van der Waals surface area contributed by atoms with Gasteiger partial charge in [-0.05, 0) is 36.8 Å². The topological polar surface area (TPSA) is 59.1 Å². The minimum atomic E-state index is -0.525. The van der Waals surface area contributed by atoms with E-state index in [9.17, 15) is 9.59 Å². The van der Waals surface area contributed by atoms with Crippen molar-refractivity contribution in [2.45, 2.75) is 6.92 Å². The van der Waals surface area contributed by atoms with E-state index in [4.69, 9.17) is 11.6 Å². The van der Waals surface area contributed by atoms with Crippen molar-refractivity contribution in [3.8, 4) is 11.1 Å². The van der Waals surface area contributed by atoms with Gasteiger partial charge in [0.25, 0.3) is 5.43 Å². The zero-order valence-corrected chi connectivity index (χ0v) is 11.9. The van der Waals surface area contributed by atoms with Gasteiger partial charge in [-0.1, -0.05) is 29.8 Å². The van der Waals surface area contributed by atoms with E-state index in [1.807, 2.05) is 19.1 Å². The summed E-state index contributed by atoms with van der Waals surface area (Å²) in [5.41, 5.74) is 1.13. The summed E-state index contributed by atoms with van der Waals surface area (Å²) in [5.74, 6) is 0.539. The molecule has 5 heteroatoms. The van der Waals surface area contributed by atoms with E-state index in [1.165, 1.54) is 0 Å². The van der Waals surface area contributed by atoms with Crippen molar-refractivity contribution in [3.05, 3.63) is 73.6 Å². The minimum absolute atomic E-state index is 0.278. The van der Waals surface area contributed by atoms with Crippen LogP contribution in [0.5, 0.6) is 0 Å². The molecule has 2 aromatic carbocycles. The predicted octanol–water partition coefficient (Wildman–Crippen LogP) is 3.05. The Hall–Kier alpha value is -2.46. The molecule has 0 spiro atoms. The normalized spacial score (nSPS) is 10.8. The monoisotopic (exact) mass is 298 g/mol. The number of hydrogen-bond donors (Lipinski definition) is 1. The first-order valence-corrected chi connectivity index (χ1v) is 6.74. The van der Waals surface area contributed by atoms with E-state index in [0.29, 0.717) is 22.0 Å². The van der Waals surface area contributed by atoms with Crippen LogP contribution in [0, 0.1) is 6.92 Å². The Kier molecular flexibility index (Phi) is 3.31. The van der Waals surface area contributed by atoms with Crippen LogP contribution in [-0.4, -0.2) is 4.98 Å². The van der Waals surface area contributed by atoms with Crippen molar-refractivity contribution in [1.82, 2.24) is 4.98 Å². The summed E-state index contributed by atoms with van der Waals surface area (Å²) in [6, 6.07) is 12.2. The number of rotatable bonds is 3. The summed E-state index contributed by atoms with van der Waals surface area (Å²) in [5, 5.41) is 3.50. The van der Waals surface area contributed by atoms with Crippen LogP contribution in [-0.2, 0) is 0 Å². The highest BCUT2D eigenvalue weighted by molar-refractivity contribution is 6.30. The van der Waals surface area contributed by atoms with Crippen molar-refractivity contribution in [1.29, 1.82) is 0 Å². The zero-order valence-electron chi connectivity index (χ0n) is 11.2. The molecule has 0 aliphatic carbocycles. The second-order valence-electron chi connectivity index (χ2n) is 4.70. The molecule has 0 fully saturated rings. The maximum absolute atomic E-state index is 11.8. The second-order valence-corrected chi connectivity index (χ2v) is 5.14. The van der Waals surface area contributed by atoms with E-state index in [-0.39, 0.29) is 5.69 Å². The van der Waals surface area contributed by atoms with Gasteiger partial charge in [0.1, 0.15) is 11.5 Å². The average molecular weight is 299 g/mol. The van der Waals surface area contributed by atoms with Gasteiger partial charge in [-0.2, -0.15) is 0 Å². The summed E-state index contributed by atoms with van der Waals surface area (Å²) < 4.78 is 0. The molecule has 104 valence electrons. The number of nitrogens with zero attached hydrogens (tertiary/aromatic N) is 1. The molecular formula is C16H11ClN2O2. The Morgan fingerprint density at radius 1 is 1.00 bits per heavy atom. The van der Waals surface area contributed by atoms with Gasteiger partial charge in [-0.15, -0.1) is 0 Å². The summed E-state index contributed by atoms with van der Waals surface area (Å²) in [4.78, 5) is 27.9. The molecule has 4 nitrogen and oxygen atoms in total. The second kappa shape index (κ2) is 5.14. The van der Waals surface area contributed by atoms with Gasteiger partial charge in [-0.3, -0.25) is 9.59 Å². The highest BCUT2D eigenvalue weighted by Gasteiger charge is 2.22. The molecule has 0 saturated carbocycles. The van der Waals surface area contributed by atoms with Crippen molar-refractivity contribution in [2.24, 2.45) is 0 Å². The van der Waals surface area contributed by atoms with Gasteiger partial charge in [-0.25, -0.2) is 4.98 Å². The third-order valence-corrected chi connectivity index (χ3v) is 3.44. The number of nitrogens with one attached hydrogen (secondary N) is 1. The van der Waals surface area contributed by atoms with Crippen LogP contribution in [0.4, 0.5) is 11.5 Å². The molecule has 1 heterocycles. The number of aryl methyl sites for hydroxylation is 1. The van der Waals surface area contributed by atoms with Crippen LogP contribution in [0.15, 0.2) is 52.1 Å². The lowest BCUT2D eigenvalue weighted by atomic mass is 9.98. The van der Waals surface area contributed by atoms with Gasteiger partial charge >= 0.3 is 0 Å². The van der Waals surface area contributed by atoms with E-state index in [2.05, 4.69) is 10.3 Å². The van der Waals surface area contributed by atoms with Gasteiger partial charge in [0.2, 0.25) is 5.43 Å². The number of halogens is 1. The molecule has 0 bridgehead atoms. The molecule has 0 radical (unpaired) electrons. The third kappa shape index (κ3) is 2.45. The van der Waals surface area contributed by atoms with Gasteiger partial charge in [0.05, 0.1) is 5.56 Å². The maximum Gasteiger partial charge on any atom is 0.250 e. The first kappa shape index (κ1) is 13.5. The van der Waals surface area contributed by atoms with E-state index >= 15 is 0 Å². The van der Waals surface area contributed by atoms with Gasteiger partial charge in [0.15, 0.2) is 0 Å². The first-order valence-electron chi connectivity index (χ1n) is 6.36. The van der Waals surface area contributed by atoms with Crippen LogP contribution >= 0.6 is 11.6 Å². The summed E-state index contributed by atoms with van der Waals surface area (Å²) in [6.07, 6.45) is 0. The van der Waals surface area contributed by atoms with Crippen LogP contribution in [0.3, 0.4) is 0 Å². The molecule has 0 aliphatic rings. The maximum atomic E-state index is 11.8. The van der Waals surface area contributed by atoms with Crippen molar-refractivity contribution in [2.75, 3.05) is 5.32 Å². The van der Waals surface area contributed by atoms with Crippen molar-refractivity contribution < 1.29 is 0 Å². The van der Waals surface area contributed by atoms with Gasteiger partial charge in [0, 0.05) is 10.7 Å². The molecule has 1 N–H and O–H groups in total. The molecule has 0 saturated heterocycles. The SMILES string of the molecule is Cc1cccc(Nc2c(-c3ccc(Cl)cc3)c(=O)c2=O)n1. The fraction of sp³-hybridized carbons (Fsp3) is 0.0625. The highest BCUT2D eigenvalue weighted by atomic mass is 35.5. The Labute approximate surface area is 125 Å².